The zero-order chi connectivity index (χ0) is 18.8. The first kappa shape index (κ1) is 22.9. The van der Waals surface area contributed by atoms with Crippen LogP contribution < -0.4 is 0 Å². The van der Waals surface area contributed by atoms with Crippen molar-refractivity contribution in [2.45, 2.75) is 39.4 Å². The molecule has 0 aromatic carbocycles. The average Bonchev–Trinajstić information content (AvgIpc) is 2.42. The summed E-state index contributed by atoms with van der Waals surface area (Å²) >= 11 is 0. The molecule has 0 aromatic rings. The van der Waals surface area contributed by atoms with E-state index in [2.05, 4.69) is 9.68 Å². The minimum absolute atomic E-state index is 0.0319. The maximum absolute atomic E-state index is 11.5. The van der Waals surface area contributed by atoms with Crippen molar-refractivity contribution >= 4 is 6.16 Å². The third-order valence-electron chi connectivity index (χ3n) is 3.11. The summed E-state index contributed by atoms with van der Waals surface area (Å²) in [6, 6.07) is 0. The van der Waals surface area contributed by atoms with Crippen LogP contribution >= 0.6 is 0 Å². The highest BCUT2D eigenvalue weighted by Crippen LogP contribution is 2.20. The SMILES string of the molecule is CC(C)C(C)(C)OC(=O)OCCOC[C@@H](CON(O)O)ON(O)O. The number of nitrogens with zero attached hydrogens (tertiary/aromatic N) is 2. The molecule has 0 bridgehead atoms. The van der Waals surface area contributed by atoms with Crippen molar-refractivity contribution in [1.29, 1.82) is 0 Å². The molecule has 0 amide bonds. The molecular weight excluding hydrogens is 332 g/mol. The Morgan fingerprint density at radius 3 is 2.17 bits per heavy atom. The summed E-state index contributed by atoms with van der Waals surface area (Å²) in [5, 5.41) is 32.8. The number of ether oxygens (including phenoxy) is 3. The molecule has 0 aromatic heterocycles. The van der Waals surface area contributed by atoms with E-state index in [1.54, 1.807) is 13.8 Å². The minimum atomic E-state index is -1.08. The topological polar surface area (TPSA) is 151 Å². The van der Waals surface area contributed by atoms with Crippen molar-refractivity contribution < 1.29 is 49.5 Å². The van der Waals surface area contributed by atoms with Crippen LogP contribution in [0.5, 0.6) is 0 Å². The Bertz CT molecular complexity index is 351. The molecule has 0 radical (unpaired) electrons. The predicted molar refractivity (Wildman–Crippen MR) is 73.8 cm³/mol. The van der Waals surface area contributed by atoms with Gasteiger partial charge < -0.3 is 14.2 Å². The summed E-state index contributed by atoms with van der Waals surface area (Å²) in [6.07, 6.45) is -1.91. The van der Waals surface area contributed by atoms with Crippen molar-refractivity contribution in [2.24, 2.45) is 5.92 Å². The standard InChI is InChI=1S/C12H26N2O10/c1-9(2)12(3,4)23-11(15)21-6-5-20-7-10(24-14(18)19)8-22-13(16)17/h9-10,16-19H,5-8H2,1-4H3/t10-/m0/s1. The van der Waals surface area contributed by atoms with E-state index in [9.17, 15) is 4.79 Å². The van der Waals surface area contributed by atoms with E-state index in [0.29, 0.717) is 0 Å². The second kappa shape index (κ2) is 11.5. The van der Waals surface area contributed by atoms with Gasteiger partial charge in [-0.05, 0) is 19.8 Å². The molecule has 0 fully saturated rings. The fourth-order valence-electron chi connectivity index (χ4n) is 1.15. The number of carbonyl (C=O) groups excluding carboxylic acids is 1. The number of carbonyl (C=O) groups is 1. The second-order valence-electron chi connectivity index (χ2n) is 5.56. The van der Waals surface area contributed by atoms with Gasteiger partial charge >= 0.3 is 6.16 Å². The Labute approximate surface area is 139 Å². The summed E-state index contributed by atoms with van der Waals surface area (Å²) in [4.78, 5) is 20.2. The monoisotopic (exact) mass is 358 g/mol. The predicted octanol–water partition coefficient (Wildman–Crippen LogP) is 0.983. The normalized spacial score (nSPS) is 13.6. The van der Waals surface area contributed by atoms with E-state index in [1.807, 2.05) is 13.8 Å². The van der Waals surface area contributed by atoms with Gasteiger partial charge in [0.2, 0.25) is 0 Å². The van der Waals surface area contributed by atoms with Gasteiger partial charge in [-0.3, -0.25) is 20.8 Å². The van der Waals surface area contributed by atoms with E-state index in [-0.39, 0.29) is 25.7 Å². The fourth-order valence-corrected chi connectivity index (χ4v) is 1.15. The van der Waals surface area contributed by atoms with Crippen LogP contribution in [0, 0.1) is 5.92 Å². The molecule has 24 heavy (non-hydrogen) atoms. The van der Waals surface area contributed by atoms with E-state index in [1.165, 1.54) is 0 Å². The lowest BCUT2D eigenvalue weighted by atomic mass is 9.95. The van der Waals surface area contributed by atoms with Crippen LogP contribution in [0.15, 0.2) is 0 Å². The maximum Gasteiger partial charge on any atom is 0.508 e. The van der Waals surface area contributed by atoms with Gasteiger partial charge in [-0.2, -0.15) is 0 Å². The molecule has 0 unspecified atom stereocenters. The van der Waals surface area contributed by atoms with Crippen molar-refractivity contribution in [3.63, 3.8) is 0 Å². The Morgan fingerprint density at radius 2 is 1.67 bits per heavy atom. The summed E-state index contributed by atoms with van der Waals surface area (Å²) in [5.41, 5.74) is -0.666. The van der Waals surface area contributed by atoms with E-state index in [0.717, 1.165) is 0 Å². The zero-order valence-electron chi connectivity index (χ0n) is 14.1. The Hall–Kier alpha value is -1.09. The van der Waals surface area contributed by atoms with E-state index >= 15 is 0 Å². The molecule has 0 spiro atoms. The molecule has 12 nitrogen and oxygen atoms in total. The third-order valence-corrected chi connectivity index (χ3v) is 3.11. The molecule has 0 saturated carbocycles. The largest absolute Gasteiger partial charge is 0.508 e. The number of hydrogen-bond acceptors (Lipinski definition) is 12. The maximum atomic E-state index is 11.5. The third kappa shape index (κ3) is 11.4. The van der Waals surface area contributed by atoms with Crippen LogP contribution in [0.4, 0.5) is 4.79 Å². The Balaban J connectivity index is 3.97. The number of rotatable bonds is 12. The van der Waals surface area contributed by atoms with Crippen LogP contribution in [0.2, 0.25) is 0 Å². The smallest absolute Gasteiger partial charge is 0.432 e. The highest BCUT2D eigenvalue weighted by atomic mass is 17.1. The molecular formula is C12H26N2O10. The van der Waals surface area contributed by atoms with Gasteiger partial charge in [0, 0.05) is 0 Å². The summed E-state index contributed by atoms with van der Waals surface area (Å²) < 4.78 is 15.1. The van der Waals surface area contributed by atoms with E-state index in [4.69, 9.17) is 35.0 Å². The summed E-state index contributed by atoms with van der Waals surface area (Å²) in [7, 11) is 0. The molecule has 12 heteroatoms. The van der Waals surface area contributed by atoms with Gasteiger partial charge in [-0.1, -0.05) is 13.8 Å². The molecule has 0 aliphatic rings. The lowest BCUT2D eigenvalue weighted by Gasteiger charge is -2.28. The van der Waals surface area contributed by atoms with Crippen molar-refractivity contribution in [2.75, 3.05) is 26.4 Å². The molecule has 144 valence electrons. The van der Waals surface area contributed by atoms with Gasteiger partial charge in [0.05, 0.1) is 24.0 Å². The minimum Gasteiger partial charge on any atom is -0.432 e. The molecule has 0 aliphatic heterocycles. The van der Waals surface area contributed by atoms with Crippen LogP contribution in [0.25, 0.3) is 0 Å². The second-order valence-corrected chi connectivity index (χ2v) is 5.56. The highest BCUT2D eigenvalue weighted by molar-refractivity contribution is 5.60. The highest BCUT2D eigenvalue weighted by Gasteiger charge is 2.27. The number of hydrogen-bond donors (Lipinski definition) is 4. The summed E-state index contributed by atoms with van der Waals surface area (Å²) in [5.74, 6) is 0.108. The first-order chi connectivity index (χ1) is 11.0. The average molecular weight is 358 g/mol. The van der Waals surface area contributed by atoms with Gasteiger partial charge in [0.1, 0.15) is 24.9 Å². The lowest BCUT2D eigenvalue weighted by molar-refractivity contribution is -0.528. The molecule has 0 aliphatic carbocycles. The van der Waals surface area contributed by atoms with Crippen LogP contribution in [-0.2, 0) is 23.9 Å². The van der Waals surface area contributed by atoms with Crippen LogP contribution in [0.1, 0.15) is 27.7 Å². The first-order valence-corrected chi connectivity index (χ1v) is 7.13. The molecule has 0 heterocycles. The van der Waals surface area contributed by atoms with Crippen LogP contribution in [0.3, 0.4) is 0 Å². The van der Waals surface area contributed by atoms with Gasteiger partial charge in [-0.25, -0.2) is 14.5 Å². The Morgan fingerprint density at radius 1 is 1.04 bits per heavy atom. The summed E-state index contributed by atoms with van der Waals surface area (Å²) in [6.45, 7) is 6.52. The van der Waals surface area contributed by atoms with Crippen LogP contribution in [-0.4, -0.2) is 75.9 Å². The lowest BCUT2D eigenvalue weighted by Crippen LogP contribution is -2.35. The molecule has 0 rings (SSSR count). The molecule has 1 atom stereocenters. The quantitative estimate of drug-likeness (QED) is 0.224. The van der Waals surface area contributed by atoms with Gasteiger partial charge in [0.15, 0.2) is 0 Å². The van der Waals surface area contributed by atoms with Crippen molar-refractivity contribution in [3.8, 4) is 0 Å². The van der Waals surface area contributed by atoms with Crippen molar-refractivity contribution in [3.05, 3.63) is 0 Å². The first-order valence-electron chi connectivity index (χ1n) is 7.13. The zero-order valence-corrected chi connectivity index (χ0v) is 14.1. The van der Waals surface area contributed by atoms with E-state index < -0.39 is 35.2 Å². The fraction of sp³-hybridized carbons (Fsp3) is 0.917. The molecule has 4 N–H and O–H groups in total. The Kier molecular flexibility index (Phi) is 10.9. The van der Waals surface area contributed by atoms with Gasteiger partial charge in [0.25, 0.3) is 0 Å². The van der Waals surface area contributed by atoms with Crippen molar-refractivity contribution in [1.82, 2.24) is 10.8 Å². The molecule has 0 saturated heterocycles. The van der Waals surface area contributed by atoms with Gasteiger partial charge in [-0.15, -0.1) is 0 Å².